The molecule has 0 aliphatic carbocycles. The molecule has 8 heteroatoms. The Morgan fingerprint density at radius 3 is 2.59 bits per heavy atom. The summed E-state index contributed by atoms with van der Waals surface area (Å²) in [6, 6.07) is 9.55. The second kappa shape index (κ2) is 7.00. The predicted molar refractivity (Wildman–Crippen MR) is 106 cm³/mol. The summed E-state index contributed by atoms with van der Waals surface area (Å²) >= 11 is 1.62. The van der Waals surface area contributed by atoms with Crippen LogP contribution in [0.1, 0.15) is 10.6 Å². The quantitative estimate of drug-likeness (QED) is 0.532. The van der Waals surface area contributed by atoms with Crippen molar-refractivity contribution in [3.63, 3.8) is 0 Å². The van der Waals surface area contributed by atoms with Gasteiger partial charge in [0, 0.05) is 41.6 Å². The van der Waals surface area contributed by atoms with Gasteiger partial charge < -0.3 is 11.1 Å². The molecule has 0 spiro atoms. The molecule has 0 saturated heterocycles. The molecule has 4 aromatic rings. The Hall–Kier alpha value is -3.52. The van der Waals surface area contributed by atoms with E-state index < -0.39 is 5.91 Å². The van der Waals surface area contributed by atoms with Crippen LogP contribution in [0.4, 0.5) is 11.4 Å². The average Bonchev–Trinajstić information content (AvgIpc) is 3.35. The SMILES string of the molecule is Cn1cc(-c2cnc(C(=O)Nc3cc(-c4cccs4)ccc3N)nc2)cn1. The van der Waals surface area contributed by atoms with E-state index in [1.165, 1.54) is 0 Å². The van der Waals surface area contributed by atoms with Gasteiger partial charge in [-0.05, 0) is 29.1 Å². The lowest BCUT2D eigenvalue weighted by Gasteiger charge is -2.09. The number of carbonyl (C=O) groups is 1. The van der Waals surface area contributed by atoms with E-state index in [-0.39, 0.29) is 5.82 Å². The molecule has 0 saturated carbocycles. The molecular formula is C19H16N6OS. The molecule has 4 rings (SSSR count). The normalized spacial score (nSPS) is 10.7. The topological polar surface area (TPSA) is 98.7 Å². The summed E-state index contributed by atoms with van der Waals surface area (Å²) in [5.41, 5.74) is 9.69. The number of amides is 1. The fourth-order valence-electron chi connectivity index (χ4n) is 2.60. The summed E-state index contributed by atoms with van der Waals surface area (Å²) in [6.45, 7) is 0. The van der Waals surface area contributed by atoms with Gasteiger partial charge in [0.2, 0.25) is 5.82 Å². The van der Waals surface area contributed by atoms with Crippen molar-refractivity contribution >= 4 is 28.6 Å². The molecule has 134 valence electrons. The highest BCUT2D eigenvalue weighted by molar-refractivity contribution is 7.13. The zero-order valence-corrected chi connectivity index (χ0v) is 15.3. The maximum Gasteiger partial charge on any atom is 0.293 e. The van der Waals surface area contributed by atoms with Crippen molar-refractivity contribution in [3.05, 3.63) is 66.3 Å². The molecule has 3 N–H and O–H groups in total. The van der Waals surface area contributed by atoms with E-state index in [4.69, 9.17) is 5.73 Å². The highest BCUT2D eigenvalue weighted by Crippen LogP contribution is 2.30. The number of thiophene rings is 1. The Morgan fingerprint density at radius 1 is 1.11 bits per heavy atom. The zero-order chi connectivity index (χ0) is 18.8. The van der Waals surface area contributed by atoms with Gasteiger partial charge in [-0.3, -0.25) is 9.48 Å². The second-order valence-corrected chi connectivity index (χ2v) is 6.88. The van der Waals surface area contributed by atoms with Gasteiger partial charge in [-0.1, -0.05) is 12.1 Å². The number of aryl methyl sites for hydroxylation is 1. The van der Waals surface area contributed by atoms with Crippen LogP contribution >= 0.6 is 11.3 Å². The molecule has 3 aromatic heterocycles. The molecule has 0 atom stereocenters. The Labute approximate surface area is 159 Å². The number of anilines is 2. The number of rotatable bonds is 4. The lowest BCUT2D eigenvalue weighted by Crippen LogP contribution is -2.16. The van der Waals surface area contributed by atoms with Crippen LogP contribution in [-0.2, 0) is 7.05 Å². The van der Waals surface area contributed by atoms with E-state index >= 15 is 0 Å². The van der Waals surface area contributed by atoms with Crippen molar-refractivity contribution in [3.8, 4) is 21.6 Å². The predicted octanol–water partition coefficient (Wildman–Crippen LogP) is 3.44. The standard InChI is InChI=1S/C19H16N6OS/c1-25-11-14(10-23-25)13-8-21-18(22-9-13)19(26)24-16-7-12(4-5-15(16)20)17-3-2-6-27-17/h2-11H,20H2,1H3,(H,24,26). The number of nitrogens with two attached hydrogens (primary N) is 1. The van der Waals surface area contributed by atoms with Crippen LogP contribution in [0, 0.1) is 0 Å². The van der Waals surface area contributed by atoms with Crippen LogP contribution in [0.2, 0.25) is 0 Å². The van der Waals surface area contributed by atoms with Crippen LogP contribution in [0.25, 0.3) is 21.6 Å². The smallest absolute Gasteiger partial charge is 0.293 e. The molecule has 1 aromatic carbocycles. The number of nitrogen functional groups attached to an aromatic ring is 1. The van der Waals surface area contributed by atoms with Gasteiger partial charge in [0.15, 0.2) is 0 Å². The highest BCUT2D eigenvalue weighted by atomic mass is 32.1. The maximum atomic E-state index is 12.5. The van der Waals surface area contributed by atoms with Gasteiger partial charge in [-0.2, -0.15) is 5.10 Å². The second-order valence-electron chi connectivity index (χ2n) is 5.93. The third-order valence-electron chi connectivity index (χ3n) is 4.00. The summed E-state index contributed by atoms with van der Waals surface area (Å²) in [7, 11) is 1.83. The summed E-state index contributed by atoms with van der Waals surface area (Å²) in [5.74, 6) is -0.341. The third-order valence-corrected chi connectivity index (χ3v) is 4.92. The first-order chi connectivity index (χ1) is 13.1. The summed E-state index contributed by atoms with van der Waals surface area (Å²) in [4.78, 5) is 21.9. The fourth-order valence-corrected chi connectivity index (χ4v) is 3.33. The maximum absolute atomic E-state index is 12.5. The van der Waals surface area contributed by atoms with Crippen molar-refractivity contribution in [1.82, 2.24) is 19.7 Å². The number of nitrogens with one attached hydrogen (secondary N) is 1. The molecule has 27 heavy (non-hydrogen) atoms. The lowest BCUT2D eigenvalue weighted by atomic mass is 10.1. The first-order valence-electron chi connectivity index (χ1n) is 8.16. The van der Waals surface area contributed by atoms with E-state index in [1.807, 2.05) is 42.9 Å². The largest absolute Gasteiger partial charge is 0.397 e. The van der Waals surface area contributed by atoms with Crippen LogP contribution in [-0.4, -0.2) is 25.7 Å². The zero-order valence-electron chi connectivity index (χ0n) is 14.5. The molecule has 1 amide bonds. The van der Waals surface area contributed by atoms with Gasteiger partial charge in [-0.25, -0.2) is 9.97 Å². The van der Waals surface area contributed by atoms with Gasteiger partial charge in [0.05, 0.1) is 17.6 Å². The first-order valence-corrected chi connectivity index (χ1v) is 9.04. The molecule has 0 radical (unpaired) electrons. The number of aromatic nitrogens is 4. The number of nitrogens with zero attached hydrogens (tertiary/aromatic N) is 4. The molecule has 0 unspecified atom stereocenters. The molecule has 0 fully saturated rings. The Balaban J connectivity index is 1.54. The lowest BCUT2D eigenvalue weighted by molar-refractivity contribution is 0.101. The average molecular weight is 376 g/mol. The fraction of sp³-hybridized carbons (Fsp3) is 0.0526. The van der Waals surface area contributed by atoms with E-state index in [9.17, 15) is 4.79 Å². The van der Waals surface area contributed by atoms with E-state index in [0.717, 1.165) is 21.6 Å². The van der Waals surface area contributed by atoms with Crippen LogP contribution in [0.15, 0.2) is 60.5 Å². The van der Waals surface area contributed by atoms with Crippen molar-refractivity contribution in [2.45, 2.75) is 0 Å². The minimum absolute atomic E-state index is 0.0727. The number of hydrogen-bond donors (Lipinski definition) is 2. The Bertz CT molecular complexity index is 1090. The van der Waals surface area contributed by atoms with Gasteiger partial charge in [0.1, 0.15) is 0 Å². The summed E-state index contributed by atoms with van der Waals surface area (Å²) in [6.07, 6.45) is 6.78. The molecule has 0 aliphatic rings. The van der Waals surface area contributed by atoms with Crippen molar-refractivity contribution in [2.24, 2.45) is 7.05 Å². The van der Waals surface area contributed by atoms with Gasteiger partial charge in [-0.15, -0.1) is 11.3 Å². The van der Waals surface area contributed by atoms with Gasteiger partial charge >= 0.3 is 0 Å². The molecule has 3 heterocycles. The van der Waals surface area contributed by atoms with Crippen LogP contribution < -0.4 is 11.1 Å². The van der Waals surface area contributed by atoms with E-state index in [0.29, 0.717) is 11.4 Å². The van der Waals surface area contributed by atoms with Crippen LogP contribution in [0.5, 0.6) is 0 Å². The first kappa shape index (κ1) is 16.9. The highest BCUT2D eigenvalue weighted by Gasteiger charge is 2.13. The van der Waals surface area contributed by atoms with E-state index in [1.54, 1.807) is 40.7 Å². The number of carbonyl (C=O) groups excluding carboxylic acids is 1. The van der Waals surface area contributed by atoms with Crippen LogP contribution in [0.3, 0.4) is 0 Å². The third kappa shape index (κ3) is 3.56. The van der Waals surface area contributed by atoms with Crippen molar-refractivity contribution in [1.29, 1.82) is 0 Å². The molecule has 0 bridgehead atoms. The Kier molecular flexibility index (Phi) is 4.39. The van der Waals surface area contributed by atoms with Crippen molar-refractivity contribution < 1.29 is 4.79 Å². The van der Waals surface area contributed by atoms with Gasteiger partial charge in [0.25, 0.3) is 5.91 Å². The summed E-state index contributed by atoms with van der Waals surface area (Å²) in [5, 5.41) is 8.91. The van der Waals surface area contributed by atoms with E-state index in [2.05, 4.69) is 20.4 Å². The molecular weight excluding hydrogens is 360 g/mol. The molecule has 0 aliphatic heterocycles. The monoisotopic (exact) mass is 376 g/mol. The number of hydrogen-bond acceptors (Lipinski definition) is 6. The summed E-state index contributed by atoms with van der Waals surface area (Å²) < 4.78 is 1.69. The minimum atomic E-state index is -0.414. The molecule has 7 nitrogen and oxygen atoms in total. The van der Waals surface area contributed by atoms with Crippen molar-refractivity contribution in [2.75, 3.05) is 11.1 Å². The number of benzene rings is 1. The Morgan fingerprint density at radius 2 is 1.93 bits per heavy atom. The minimum Gasteiger partial charge on any atom is -0.397 e.